The molecule has 1 aromatic rings. The molecule has 0 aliphatic heterocycles. The first-order valence-corrected chi connectivity index (χ1v) is 8.58. The van der Waals surface area contributed by atoms with Crippen LogP contribution in [0.1, 0.15) is 38.2 Å². The van der Waals surface area contributed by atoms with Gasteiger partial charge in [0, 0.05) is 18.2 Å². The molecule has 0 unspecified atom stereocenters. The van der Waals surface area contributed by atoms with Gasteiger partial charge in [0.25, 0.3) is 0 Å². The van der Waals surface area contributed by atoms with Gasteiger partial charge in [0.1, 0.15) is 5.75 Å². The van der Waals surface area contributed by atoms with E-state index in [0.29, 0.717) is 25.8 Å². The minimum Gasteiger partial charge on any atom is -0.496 e. The fourth-order valence-corrected chi connectivity index (χ4v) is 2.81. The van der Waals surface area contributed by atoms with Crippen LogP contribution in [0.5, 0.6) is 5.75 Å². The lowest BCUT2D eigenvalue weighted by atomic mass is 10.2. The zero-order valence-corrected chi connectivity index (χ0v) is 17.0. The Balaban J connectivity index is 0.00000288. The third kappa shape index (κ3) is 7.25. The van der Waals surface area contributed by atoms with Crippen molar-refractivity contribution in [3.05, 3.63) is 29.8 Å². The average molecular weight is 447 g/mol. The van der Waals surface area contributed by atoms with E-state index in [0.717, 1.165) is 23.8 Å². The number of aliphatic imine (C=N–C) groups is 1. The molecule has 0 radical (unpaired) electrons. The number of guanidine groups is 1. The summed E-state index contributed by atoms with van der Waals surface area (Å²) in [6.07, 6.45) is 5.13. The first kappa shape index (κ1) is 21.0. The number of nitrogens with zero attached hydrogens (tertiary/aromatic N) is 1. The molecule has 0 bridgehead atoms. The summed E-state index contributed by atoms with van der Waals surface area (Å²) < 4.78 is 11.0. The molecule has 24 heavy (non-hydrogen) atoms. The molecule has 0 amide bonds. The van der Waals surface area contributed by atoms with Crippen LogP contribution < -0.4 is 15.4 Å². The second kappa shape index (κ2) is 12.4. The van der Waals surface area contributed by atoms with E-state index in [4.69, 9.17) is 9.47 Å². The summed E-state index contributed by atoms with van der Waals surface area (Å²) in [6, 6.07) is 8.50. The summed E-state index contributed by atoms with van der Waals surface area (Å²) in [5, 5.41) is 6.81. The number of ether oxygens (including phenoxy) is 2. The Kier molecular flexibility index (Phi) is 10.8. The molecule has 0 saturated heterocycles. The Morgan fingerprint density at radius 1 is 1.25 bits per heavy atom. The number of methoxy groups -OCH3 is 1. The molecular formula is C18H30IN3O2. The lowest BCUT2D eigenvalue weighted by Crippen LogP contribution is -2.42. The van der Waals surface area contributed by atoms with Gasteiger partial charge in [-0.2, -0.15) is 0 Å². The Morgan fingerprint density at radius 3 is 2.71 bits per heavy atom. The quantitative estimate of drug-likeness (QED) is 0.278. The van der Waals surface area contributed by atoms with Gasteiger partial charge in [-0.1, -0.05) is 31.0 Å². The lowest BCUT2D eigenvalue weighted by Gasteiger charge is -2.16. The number of hydrogen-bond donors (Lipinski definition) is 2. The van der Waals surface area contributed by atoms with Gasteiger partial charge in [-0.15, -0.1) is 24.0 Å². The van der Waals surface area contributed by atoms with Gasteiger partial charge in [0.2, 0.25) is 0 Å². The van der Waals surface area contributed by atoms with Crippen molar-refractivity contribution in [1.82, 2.24) is 10.6 Å². The highest BCUT2D eigenvalue weighted by molar-refractivity contribution is 14.0. The van der Waals surface area contributed by atoms with Crippen molar-refractivity contribution < 1.29 is 9.47 Å². The molecule has 5 nitrogen and oxygen atoms in total. The van der Waals surface area contributed by atoms with Crippen LogP contribution in [0, 0.1) is 0 Å². The van der Waals surface area contributed by atoms with Crippen LogP contribution in [0.3, 0.4) is 0 Å². The maximum absolute atomic E-state index is 5.72. The highest BCUT2D eigenvalue weighted by Crippen LogP contribution is 2.18. The van der Waals surface area contributed by atoms with Crippen LogP contribution in [-0.2, 0) is 11.3 Å². The van der Waals surface area contributed by atoms with Gasteiger partial charge in [0.15, 0.2) is 5.96 Å². The normalized spacial score (nSPS) is 15.0. The summed E-state index contributed by atoms with van der Waals surface area (Å²) in [4.78, 5) is 4.59. The molecule has 0 atom stereocenters. The third-order valence-electron chi connectivity index (χ3n) is 4.00. The highest BCUT2D eigenvalue weighted by atomic mass is 127. The Hall–Kier alpha value is -1.02. The number of hydrogen-bond acceptors (Lipinski definition) is 3. The largest absolute Gasteiger partial charge is 0.496 e. The third-order valence-corrected chi connectivity index (χ3v) is 4.00. The number of benzene rings is 1. The van der Waals surface area contributed by atoms with E-state index in [2.05, 4.69) is 22.5 Å². The van der Waals surface area contributed by atoms with Crippen molar-refractivity contribution in [1.29, 1.82) is 0 Å². The molecule has 0 aromatic heterocycles. The van der Waals surface area contributed by atoms with E-state index in [9.17, 15) is 0 Å². The second-order valence-electron chi connectivity index (χ2n) is 5.75. The topological polar surface area (TPSA) is 54.9 Å². The first-order chi connectivity index (χ1) is 11.3. The smallest absolute Gasteiger partial charge is 0.191 e. The molecule has 1 fully saturated rings. The Labute approximate surface area is 162 Å². The summed E-state index contributed by atoms with van der Waals surface area (Å²) >= 11 is 0. The van der Waals surface area contributed by atoms with Crippen LogP contribution in [0.15, 0.2) is 29.3 Å². The van der Waals surface area contributed by atoms with E-state index < -0.39 is 0 Å². The van der Waals surface area contributed by atoms with Gasteiger partial charge in [-0.3, -0.25) is 4.99 Å². The first-order valence-electron chi connectivity index (χ1n) is 8.58. The van der Waals surface area contributed by atoms with E-state index in [-0.39, 0.29) is 24.0 Å². The van der Waals surface area contributed by atoms with Gasteiger partial charge >= 0.3 is 0 Å². The zero-order chi connectivity index (χ0) is 16.3. The fraction of sp³-hybridized carbons (Fsp3) is 0.611. The molecule has 0 heterocycles. The van der Waals surface area contributed by atoms with E-state index in [1.54, 1.807) is 7.11 Å². The summed E-state index contributed by atoms with van der Waals surface area (Å²) in [7, 11) is 1.68. The molecule has 136 valence electrons. The van der Waals surface area contributed by atoms with Crippen LogP contribution >= 0.6 is 24.0 Å². The van der Waals surface area contributed by atoms with Crippen LogP contribution in [0.4, 0.5) is 0 Å². The molecule has 1 aliphatic carbocycles. The van der Waals surface area contributed by atoms with Crippen LogP contribution in [-0.4, -0.2) is 38.8 Å². The summed E-state index contributed by atoms with van der Waals surface area (Å²) in [6.45, 7) is 4.76. The average Bonchev–Trinajstić information content (AvgIpc) is 3.08. The van der Waals surface area contributed by atoms with Crippen molar-refractivity contribution in [2.45, 2.75) is 45.3 Å². The van der Waals surface area contributed by atoms with E-state index >= 15 is 0 Å². The van der Waals surface area contributed by atoms with E-state index in [1.807, 2.05) is 24.3 Å². The molecule has 1 aliphatic rings. The lowest BCUT2D eigenvalue weighted by molar-refractivity contribution is 0.126. The highest BCUT2D eigenvalue weighted by Gasteiger charge is 2.15. The van der Waals surface area contributed by atoms with Crippen molar-refractivity contribution >= 4 is 29.9 Å². The standard InChI is InChI=1S/C18H29N3O2.HI/c1-3-19-18(21-16-9-5-6-10-16)20-12-13-23-14-15-8-4-7-11-17(15)22-2;/h4,7-8,11,16H,3,5-6,9-10,12-14H2,1-2H3,(H2,19,20,21);1H. The van der Waals surface area contributed by atoms with E-state index in [1.165, 1.54) is 25.7 Å². The number of halogens is 1. The Bertz CT molecular complexity index is 491. The molecule has 2 rings (SSSR count). The van der Waals surface area contributed by atoms with Gasteiger partial charge < -0.3 is 20.1 Å². The van der Waals surface area contributed by atoms with Gasteiger partial charge in [-0.05, 0) is 25.8 Å². The van der Waals surface area contributed by atoms with Gasteiger partial charge in [0.05, 0.1) is 26.9 Å². The molecule has 0 spiro atoms. The number of para-hydroxylation sites is 1. The van der Waals surface area contributed by atoms with Crippen molar-refractivity contribution in [2.75, 3.05) is 26.8 Å². The maximum atomic E-state index is 5.72. The molecule has 1 saturated carbocycles. The Morgan fingerprint density at radius 2 is 2.00 bits per heavy atom. The SMILES string of the molecule is CCNC(=NCCOCc1ccccc1OC)NC1CCCC1.I. The number of rotatable bonds is 8. The molecule has 2 N–H and O–H groups in total. The van der Waals surface area contributed by atoms with Crippen LogP contribution in [0.2, 0.25) is 0 Å². The maximum Gasteiger partial charge on any atom is 0.191 e. The summed E-state index contributed by atoms with van der Waals surface area (Å²) in [5.74, 6) is 1.77. The second-order valence-corrected chi connectivity index (χ2v) is 5.75. The molecular weight excluding hydrogens is 417 g/mol. The van der Waals surface area contributed by atoms with Gasteiger partial charge in [-0.25, -0.2) is 0 Å². The summed E-state index contributed by atoms with van der Waals surface area (Å²) in [5.41, 5.74) is 1.06. The molecule has 1 aromatic carbocycles. The monoisotopic (exact) mass is 447 g/mol. The predicted molar refractivity (Wildman–Crippen MR) is 109 cm³/mol. The number of nitrogens with one attached hydrogen (secondary N) is 2. The van der Waals surface area contributed by atoms with Crippen molar-refractivity contribution in [3.8, 4) is 5.75 Å². The predicted octanol–water partition coefficient (Wildman–Crippen LogP) is 3.33. The minimum atomic E-state index is 0. The van der Waals surface area contributed by atoms with Crippen molar-refractivity contribution in [3.63, 3.8) is 0 Å². The zero-order valence-electron chi connectivity index (χ0n) is 14.7. The molecule has 6 heteroatoms. The fourth-order valence-electron chi connectivity index (χ4n) is 2.81. The minimum absolute atomic E-state index is 0. The van der Waals surface area contributed by atoms with Crippen LogP contribution in [0.25, 0.3) is 0 Å². The van der Waals surface area contributed by atoms with Crippen molar-refractivity contribution in [2.24, 2.45) is 4.99 Å².